The van der Waals surface area contributed by atoms with Crippen LogP contribution in [0.1, 0.15) is 5.56 Å². The van der Waals surface area contributed by atoms with Gasteiger partial charge in [-0.15, -0.1) is 29.9 Å². The third-order valence-electron chi connectivity index (χ3n) is 6.94. The van der Waals surface area contributed by atoms with E-state index < -0.39 is 32.0 Å². The topological polar surface area (TPSA) is 260 Å². The Morgan fingerprint density at radius 1 is 0.750 bits per heavy atom. The van der Waals surface area contributed by atoms with Crippen LogP contribution >= 0.6 is 12.3 Å². The molecule has 0 aliphatic carbocycles. The summed E-state index contributed by atoms with van der Waals surface area (Å²) in [5, 5.41) is 79.5. The number of sulfone groups is 1. The maximum atomic E-state index is 12.5. The Morgan fingerprint density at radius 2 is 1.38 bits per heavy atom. The molecule has 52 heavy (non-hydrogen) atoms. The van der Waals surface area contributed by atoms with Gasteiger partial charge < -0.3 is 15.3 Å². The fourth-order valence-corrected chi connectivity index (χ4v) is 5.83. The smallest absolute Gasteiger partial charge is 0.273 e. The van der Waals surface area contributed by atoms with Gasteiger partial charge in [0.2, 0.25) is 0 Å². The number of non-ortho nitro benzene ring substituents is 1. The molecular weight excluding hydrogens is 766 g/mol. The SMILES string of the molecule is Cc1ccc2c(N=Nc3ccc(S(=O)(=O)CCOSOOO)cc3)ccc(N=Nc3ccc(O)c(N=Nc4ccc([N+](=O)[O-])cc4O)c3O)c2c1.[Fe]. The van der Waals surface area contributed by atoms with Crippen molar-refractivity contribution in [2.45, 2.75) is 11.8 Å². The molecule has 18 nitrogen and oxygen atoms in total. The summed E-state index contributed by atoms with van der Waals surface area (Å²) in [6.45, 7) is 1.67. The maximum absolute atomic E-state index is 12.5. The number of azo groups is 3. The van der Waals surface area contributed by atoms with E-state index in [9.17, 15) is 33.9 Å². The van der Waals surface area contributed by atoms with E-state index in [1.165, 1.54) is 36.4 Å². The van der Waals surface area contributed by atoms with Crippen molar-refractivity contribution in [3.05, 3.63) is 101 Å². The van der Waals surface area contributed by atoms with Crippen molar-refractivity contribution in [2.24, 2.45) is 30.7 Å². The first-order valence-corrected chi connectivity index (χ1v) is 16.7. The maximum Gasteiger partial charge on any atom is 0.273 e. The standard InChI is InChI=1S/C31H25N7O11S2.Fe/c1-18-2-8-22-23(16-18)25(11-10-24(22)33-32-19-3-6-21(7-4-19)51(45,46)15-14-47-50-49-48-44)34-36-27-12-13-28(39)30(31(27)41)37-35-26-9-5-20(38(42)43)17-29(26)40;/h2-13,16-17,39-41,44H,14-15H2,1H3;. The number of benzene rings is 5. The third-order valence-corrected chi connectivity index (χ3v) is 9.01. The average Bonchev–Trinajstić information content (AvgIpc) is 3.11. The van der Waals surface area contributed by atoms with Gasteiger partial charge in [0.25, 0.3) is 5.69 Å². The van der Waals surface area contributed by atoms with Gasteiger partial charge in [-0.3, -0.25) is 14.3 Å². The minimum absolute atomic E-state index is 0. The van der Waals surface area contributed by atoms with Gasteiger partial charge in [-0.2, -0.15) is 5.11 Å². The Balaban J connectivity index is 0.00000605. The molecule has 0 spiro atoms. The Morgan fingerprint density at radius 3 is 2.08 bits per heavy atom. The minimum Gasteiger partial charge on any atom is -0.505 e. The third kappa shape index (κ3) is 9.69. The Hall–Kier alpha value is -5.38. The first-order chi connectivity index (χ1) is 24.5. The molecule has 5 rings (SSSR count). The minimum atomic E-state index is -3.68. The number of aromatic hydroxyl groups is 3. The predicted molar refractivity (Wildman–Crippen MR) is 183 cm³/mol. The Bertz CT molecular complexity index is 2290. The van der Waals surface area contributed by atoms with E-state index in [0.717, 1.165) is 23.8 Å². The van der Waals surface area contributed by atoms with Gasteiger partial charge in [0, 0.05) is 33.9 Å². The molecule has 0 unspecified atom stereocenters. The second-order valence-electron chi connectivity index (χ2n) is 10.3. The molecule has 0 radical (unpaired) electrons. The summed E-state index contributed by atoms with van der Waals surface area (Å²) in [6, 6.07) is 20.3. The molecule has 0 bridgehead atoms. The molecule has 0 fully saturated rings. The first-order valence-electron chi connectivity index (χ1n) is 14.4. The predicted octanol–water partition coefficient (Wildman–Crippen LogP) is 9.19. The largest absolute Gasteiger partial charge is 0.505 e. The number of hydrogen-bond acceptors (Lipinski definition) is 18. The van der Waals surface area contributed by atoms with Crippen LogP contribution in [0.25, 0.3) is 10.8 Å². The molecule has 0 aliphatic rings. The summed E-state index contributed by atoms with van der Waals surface area (Å²) < 4.78 is 33.9. The quantitative estimate of drug-likeness (QED) is 0.0156. The van der Waals surface area contributed by atoms with Crippen molar-refractivity contribution >= 4 is 72.7 Å². The van der Waals surface area contributed by atoms with Gasteiger partial charge in [-0.25, -0.2) is 13.7 Å². The van der Waals surface area contributed by atoms with Crippen LogP contribution in [0.15, 0.2) is 121 Å². The monoisotopic (exact) mass is 791 g/mol. The van der Waals surface area contributed by atoms with E-state index in [1.54, 1.807) is 12.1 Å². The molecule has 5 aromatic carbocycles. The summed E-state index contributed by atoms with van der Waals surface area (Å²) in [4.78, 5) is 10.3. The zero-order valence-electron chi connectivity index (χ0n) is 26.4. The van der Waals surface area contributed by atoms with Crippen molar-refractivity contribution in [3.8, 4) is 17.2 Å². The Labute approximate surface area is 309 Å². The van der Waals surface area contributed by atoms with Crippen molar-refractivity contribution in [1.82, 2.24) is 0 Å². The summed E-state index contributed by atoms with van der Waals surface area (Å²) in [6.07, 6.45) is 0. The molecular formula is C31H25FeN7O11S2. The van der Waals surface area contributed by atoms with Crippen LogP contribution in [0.2, 0.25) is 0 Å². The molecule has 0 aromatic heterocycles. The fraction of sp³-hybridized carbons (Fsp3) is 0.0968. The summed E-state index contributed by atoms with van der Waals surface area (Å²) in [5.74, 6) is -1.89. The number of nitro benzene ring substituents is 1. The van der Waals surface area contributed by atoms with E-state index in [2.05, 4.69) is 40.1 Å². The Kier molecular flexibility index (Phi) is 13.4. The van der Waals surface area contributed by atoms with Gasteiger partial charge >= 0.3 is 0 Å². The van der Waals surface area contributed by atoms with Crippen LogP contribution in [0.5, 0.6) is 17.2 Å². The normalized spacial score (nSPS) is 11.9. The number of phenolic OH excluding ortho intramolecular Hbond substituents is 3. The molecule has 0 atom stereocenters. The number of phenols is 3. The van der Waals surface area contributed by atoms with Crippen LogP contribution in [0.3, 0.4) is 0 Å². The number of aryl methyl sites for hydroxylation is 1. The van der Waals surface area contributed by atoms with E-state index in [1.807, 2.05) is 25.1 Å². The van der Waals surface area contributed by atoms with E-state index in [4.69, 9.17) is 9.44 Å². The molecule has 0 heterocycles. The fourth-order valence-electron chi connectivity index (χ4n) is 4.42. The van der Waals surface area contributed by atoms with Crippen molar-refractivity contribution in [3.63, 3.8) is 0 Å². The average molecular weight is 792 g/mol. The van der Waals surface area contributed by atoms with Crippen molar-refractivity contribution in [2.75, 3.05) is 12.4 Å². The van der Waals surface area contributed by atoms with Crippen LogP contribution in [-0.4, -0.2) is 46.3 Å². The summed E-state index contributed by atoms with van der Waals surface area (Å²) in [5.41, 5.74) is 1.24. The van der Waals surface area contributed by atoms with Gasteiger partial charge in [0.15, 0.2) is 33.6 Å². The van der Waals surface area contributed by atoms with Gasteiger partial charge in [0.05, 0.1) is 45.3 Å². The zero-order valence-corrected chi connectivity index (χ0v) is 29.2. The van der Waals surface area contributed by atoms with Crippen LogP contribution < -0.4 is 0 Å². The molecule has 21 heteroatoms. The summed E-state index contributed by atoms with van der Waals surface area (Å²) in [7, 11) is -3.68. The molecule has 270 valence electrons. The molecule has 0 amide bonds. The van der Waals surface area contributed by atoms with E-state index in [-0.39, 0.29) is 69.4 Å². The molecule has 0 saturated heterocycles. The molecule has 0 saturated carbocycles. The number of hydrogen-bond donors (Lipinski definition) is 4. The van der Waals surface area contributed by atoms with Gasteiger partial charge in [0.1, 0.15) is 22.9 Å². The number of rotatable bonds is 14. The first kappa shape index (κ1) is 39.4. The van der Waals surface area contributed by atoms with E-state index in [0.29, 0.717) is 27.8 Å². The van der Waals surface area contributed by atoms with Gasteiger partial charge in [-0.1, -0.05) is 22.7 Å². The molecule has 5 aromatic rings. The number of fused-ring (bicyclic) bond motifs is 1. The van der Waals surface area contributed by atoms with E-state index >= 15 is 0 Å². The van der Waals surface area contributed by atoms with Crippen LogP contribution in [-0.2, 0) is 40.5 Å². The van der Waals surface area contributed by atoms with Crippen LogP contribution in [0.4, 0.5) is 39.8 Å². The molecule has 4 N–H and O–H groups in total. The zero-order chi connectivity index (χ0) is 36.5. The van der Waals surface area contributed by atoms with Crippen LogP contribution in [0, 0.1) is 17.0 Å². The summed E-state index contributed by atoms with van der Waals surface area (Å²) >= 11 is 0.283. The molecule has 0 aliphatic heterocycles. The second kappa shape index (κ2) is 17.7. The van der Waals surface area contributed by atoms with Crippen molar-refractivity contribution < 1.29 is 64.5 Å². The van der Waals surface area contributed by atoms with Crippen molar-refractivity contribution in [1.29, 1.82) is 0 Å². The number of nitro groups is 1. The van der Waals surface area contributed by atoms with Gasteiger partial charge in [-0.05, 0) is 67.6 Å². The number of nitrogens with zero attached hydrogens (tertiary/aromatic N) is 7. The second-order valence-corrected chi connectivity index (χ2v) is 12.9.